The molecule has 3 atom stereocenters. The van der Waals surface area contributed by atoms with Crippen molar-refractivity contribution in [3.05, 3.63) is 88.4 Å². The lowest BCUT2D eigenvalue weighted by Crippen LogP contribution is -2.37. The number of para-hydroxylation sites is 1. The average Bonchev–Trinajstić information content (AvgIpc) is 3.32. The van der Waals surface area contributed by atoms with E-state index in [0.29, 0.717) is 16.5 Å². The van der Waals surface area contributed by atoms with Crippen molar-refractivity contribution in [1.29, 1.82) is 0 Å². The van der Waals surface area contributed by atoms with Crippen molar-refractivity contribution in [1.82, 2.24) is 0 Å². The highest BCUT2D eigenvalue weighted by Crippen LogP contribution is 2.48. The molecule has 162 valence electrons. The summed E-state index contributed by atoms with van der Waals surface area (Å²) >= 11 is 12.1. The monoisotopic (exact) mass is 468 g/mol. The fraction of sp³-hybridized carbons (Fsp3) is 0.167. The maximum absolute atomic E-state index is 13.6. The minimum Gasteiger partial charge on any atom is -0.497 e. The van der Waals surface area contributed by atoms with Crippen LogP contribution in [0.4, 0.5) is 11.4 Å². The van der Waals surface area contributed by atoms with Crippen LogP contribution in [0, 0.1) is 5.92 Å². The number of carbonyl (C=O) groups excluding carboxylic acids is 2. The number of fused-ring (bicyclic) bond motifs is 1. The van der Waals surface area contributed by atoms with Crippen LogP contribution in [0.25, 0.3) is 0 Å². The SMILES string of the molecule is COc1cccc([C@@H]2[C@@H]3C(=O)N(c4ccc(Cl)c(Cl)c4)C(=O)[C@@H]3ON2c2ccccc2)c1. The van der Waals surface area contributed by atoms with Gasteiger partial charge >= 0.3 is 0 Å². The molecule has 2 fully saturated rings. The van der Waals surface area contributed by atoms with E-state index >= 15 is 0 Å². The smallest absolute Gasteiger partial charge is 0.266 e. The molecule has 0 saturated carbocycles. The predicted octanol–water partition coefficient (Wildman–Crippen LogP) is 5.05. The van der Waals surface area contributed by atoms with Gasteiger partial charge in [-0.2, -0.15) is 0 Å². The molecule has 2 amide bonds. The molecule has 2 saturated heterocycles. The minimum absolute atomic E-state index is 0.262. The molecule has 32 heavy (non-hydrogen) atoms. The van der Waals surface area contributed by atoms with Crippen molar-refractivity contribution in [2.45, 2.75) is 12.1 Å². The second-order valence-electron chi connectivity index (χ2n) is 7.54. The Bertz CT molecular complexity index is 1200. The Morgan fingerprint density at radius 1 is 0.844 bits per heavy atom. The molecule has 6 nitrogen and oxygen atoms in total. The Labute approximate surface area is 194 Å². The van der Waals surface area contributed by atoms with Gasteiger partial charge in [-0.25, -0.2) is 9.96 Å². The van der Waals surface area contributed by atoms with Gasteiger partial charge in [-0.15, -0.1) is 0 Å². The van der Waals surface area contributed by atoms with Gasteiger partial charge in [0, 0.05) is 0 Å². The van der Waals surface area contributed by atoms with Crippen LogP contribution in [0.3, 0.4) is 0 Å². The number of halogens is 2. The third-order valence-electron chi connectivity index (χ3n) is 5.72. The second-order valence-corrected chi connectivity index (χ2v) is 8.36. The lowest BCUT2D eigenvalue weighted by Gasteiger charge is -2.29. The van der Waals surface area contributed by atoms with E-state index in [1.165, 1.54) is 6.07 Å². The molecule has 5 rings (SSSR count). The number of ether oxygens (including phenoxy) is 1. The van der Waals surface area contributed by atoms with Gasteiger partial charge < -0.3 is 4.74 Å². The summed E-state index contributed by atoms with van der Waals surface area (Å²) in [5.41, 5.74) is 1.91. The summed E-state index contributed by atoms with van der Waals surface area (Å²) in [6.07, 6.45) is -0.964. The highest BCUT2D eigenvalue weighted by Gasteiger charge is 2.60. The molecule has 3 aromatic rings. The number of hydrogen-bond donors (Lipinski definition) is 0. The van der Waals surface area contributed by atoms with Crippen molar-refractivity contribution < 1.29 is 19.2 Å². The number of nitrogens with zero attached hydrogens (tertiary/aromatic N) is 2. The van der Waals surface area contributed by atoms with Crippen molar-refractivity contribution in [3.63, 3.8) is 0 Å². The molecule has 8 heteroatoms. The van der Waals surface area contributed by atoms with Crippen molar-refractivity contribution in [3.8, 4) is 5.75 Å². The Morgan fingerprint density at radius 2 is 1.62 bits per heavy atom. The molecule has 0 bridgehead atoms. The first kappa shape index (κ1) is 20.8. The first-order valence-corrected chi connectivity index (χ1v) is 10.7. The number of hydroxylamine groups is 1. The Kier molecular flexibility index (Phi) is 5.29. The quantitative estimate of drug-likeness (QED) is 0.501. The highest BCUT2D eigenvalue weighted by molar-refractivity contribution is 6.42. The van der Waals surface area contributed by atoms with E-state index in [9.17, 15) is 9.59 Å². The van der Waals surface area contributed by atoms with E-state index in [-0.39, 0.29) is 10.9 Å². The number of carbonyl (C=O) groups is 2. The Hall–Kier alpha value is -3.06. The van der Waals surface area contributed by atoms with Gasteiger partial charge in [0.05, 0.1) is 34.6 Å². The predicted molar refractivity (Wildman–Crippen MR) is 122 cm³/mol. The lowest BCUT2D eigenvalue weighted by atomic mass is 9.90. The molecule has 2 aliphatic rings. The van der Waals surface area contributed by atoms with E-state index in [1.54, 1.807) is 24.3 Å². The summed E-state index contributed by atoms with van der Waals surface area (Å²) in [4.78, 5) is 34.2. The maximum atomic E-state index is 13.6. The zero-order chi connectivity index (χ0) is 22.4. The number of imide groups is 1. The number of amides is 2. The summed E-state index contributed by atoms with van der Waals surface area (Å²) in [7, 11) is 1.58. The maximum Gasteiger partial charge on any atom is 0.266 e. The van der Waals surface area contributed by atoms with E-state index in [1.807, 2.05) is 54.6 Å². The number of benzene rings is 3. The number of anilines is 2. The third-order valence-corrected chi connectivity index (χ3v) is 6.46. The van der Waals surface area contributed by atoms with Crippen molar-refractivity contribution in [2.75, 3.05) is 17.1 Å². The fourth-order valence-electron chi connectivity index (χ4n) is 4.26. The van der Waals surface area contributed by atoms with Crippen LogP contribution in [-0.4, -0.2) is 25.0 Å². The van der Waals surface area contributed by atoms with E-state index in [0.717, 1.165) is 16.2 Å². The third kappa shape index (κ3) is 3.32. The van der Waals surface area contributed by atoms with Crippen LogP contribution >= 0.6 is 23.2 Å². The molecule has 2 heterocycles. The first-order valence-electron chi connectivity index (χ1n) is 9.97. The zero-order valence-corrected chi connectivity index (χ0v) is 18.5. The van der Waals surface area contributed by atoms with Crippen molar-refractivity contribution >= 4 is 46.4 Å². The normalized spacial score (nSPS) is 22.4. The van der Waals surface area contributed by atoms with Gasteiger partial charge in [0.25, 0.3) is 5.91 Å². The Balaban J connectivity index is 1.59. The minimum atomic E-state index is -0.964. The van der Waals surface area contributed by atoms with Crippen LogP contribution in [-0.2, 0) is 14.4 Å². The molecule has 0 N–H and O–H groups in total. The van der Waals surface area contributed by atoms with Gasteiger partial charge in [0.2, 0.25) is 5.91 Å². The molecule has 0 radical (unpaired) electrons. The van der Waals surface area contributed by atoms with E-state index < -0.39 is 24.0 Å². The molecule has 3 aromatic carbocycles. The summed E-state index contributed by atoms with van der Waals surface area (Å²) < 4.78 is 5.38. The molecule has 0 aliphatic carbocycles. The molecule has 0 unspecified atom stereocenters. The fourth-order valence-corrected chi connectivity index (χ4v) is 4.55. The number of hydrogen-bond acceptors (Lipinski definition) is 5. The summed E-state index contributed by atoms with van der Waals surface area (Å²) in [5, 5.41) is 2.25. The highest BCUT2D eigenvalue weighted by atomic mass is 35.5. The largest absolute Gasteiger partial charge is 0.497 e. The van der Waals surface area contributed by atoms with Crippen LogP contribution in [0.5, 0.6) is 5.75 Å². The van der Waals surface area contributed by atoms with E-state index in [2.05, 4.69) is 0 Å². The van der Waals surface area contributed by atoms with Gasteiger partial charge in [-0.1, -0.05) is 53.5 Å². The average molecular weight is 469 g/mol. The first-order chi connectivity index (χ1) is 15.5. The van der Waals surface area contributed by atoms with Crippen LogP contribution in [0.2, 0.25) is 10.0 Å². The molecule has 2 aliphatic heterocycles. The Morgan fingerprint density at radius 3 is 2.34 bits per heavy atom. The summed E-state index contributed by atoms with van der Waals surface area (Å²) in [6.45, 7) is 0. The van der Waals surface area contributed by atoms with Crippen LogP contribution in [0.1, 0.15) is 11.6 Å². The zero-order valence-electron chi connectivity index (χ0n) is 16.9. The van der Waals surface area contributed by atoms with Crippen LogP contribution in [0.15, 0.2) is 72.8 Å². The molecule has 0 spiro atoms. The second kappa shape index (κ2) is 8.13. The summed E-state index contributed by atoms with van der Waals surface area (Å²) in [6, 6.07) is 21.0. The van der Waals surface area contributed by atoms with Gasteiger partial charge in [-0.05, 0) is 48.0 Å². The van der Waals surface area contributed by atoms with Crippen molar-refractivity contribution in [2.24, 2.45) is 5.92 Å². The topological polar surface area (TPSA) is 59.1 Å². The van der Waals surface area contributed by atoms with E-state index in [4.69, 9.17) is 32.8 Å². The standard InChI is InChI=1S/C24H18Cl2N2O4/c1-31-17-9-5-6-14(12-17)21-20-22(32-28(21)15-7-3-2-4-8-15)24(30)27(23(20)29)16-10-11-18(25)19(26)13-16/h2-13,20-22H,1H3/t20-,21+,22+/m0/s1. The van der Waals surface area contributed by atoms with Gasteiger partial charge in [-0.3, -0.25) is 14.4 Å². The van der Waals surface area contributed by atoms with Crippen LogP contribution < -0.4 is 14.7 Å². The number of rotatable bonds is 4. The summed E-state index contributed by atoms with van der Waals surface area (Å²) in [5.74, 6) is -0.893. The van der Waals surface area contributed by atoms with Gasteiger partial charge in [0.1, 0.15) is 11.7 Å². The molecular weight excluding hydrogens is 451 g/mol. The molecular formula is C24H18Cl2N2O4. The lowest BCUT2D eigenvalue weighted by molar-refractivity contribution is -0.126. The number of methoxy groups -OCH3 is 1. The van der Waals surface area contributed by atoms with Gasteiger partial charge in [0.15, 0.2) is 6.10 Å². The molecule has 0 aromatic heterocycles.